The van der Waals surface area contributed by atoms with E-state index in [9.17, 15) is 4.79 Å². The molecule has 5 heteroatoms. The Morgan fingerprint density at radius 2 is 1.54 bits per heavy atom. The van der Waals surface area contributed by atoms with E-state index < -0.39 is 0 Å². The number of rotatable bonds is 2. The number of carbonyl (C=O) groups is 1. The maximum Gasteiger partial charge on any atom is 0.228 e. The first-order valence-electron chi connectivity index (χ1n) is 10.5. The van der Waals surface area contributed by atoms with Gasteiger partial charge >= 0.3 is 0 Å². The molecule has 1 amide bonds. The second-order valence-electron chi connectivity index (χ2n) is 9.90. The van der Waals surface area contributed by atoms with Gasteiger partial charge in [0.25, 0.3) is 0 Å². The Kier molecular flexibility index (Phi) is 3.22. The SMILES string of the molecule is O=C(N1C[C@@H]2CN(c3cnccn3)C[C@@H]2C1)C12CC3CC(CC(C3)C1)C2. The van der Waals surface area contributed by atoms with Crippen molar-refractivity contribution in [2.24, 2.45) is 35.0 Å². The molecular weight excluding hydrogens is 324 g/mol. The minimum Gasteiger partial charge on any atom is -0.355 e. The minimum absolute atomic E-state index is 0.0258. The summed E-state index contributed by atoms with van der Waals surface area (Å²) < 4.78 is 0. The fraction of sp³-hybridized carbons (Fsp3) is 0.762. The normalized spacial score (nSPS) is 43.2. The predicted octanol–water partition coefficient (Wildman–Crippen LogP) is 2.59. The van der Waals surface area contributed by atoms with E-state index in [0.29, 0.717) is 17.7 Å². The maximum atomic E-state index is 13.6. The van der Waals surface area contributed by atoms with Crippen LogP contribution in [0.2, 0.25) is 0 Å². The van der Waals surface area contributed by atoms with E-state index >= 15 is 0 Å². The summed E-state index contributed by atoms with van der Waals surface area (Å²) in [6.07, 6.45) is 13.2. The van der Waals surface area contributed by atoms with Gasteiger partial charge in [0, 0.05) is 50.4 Å². The molecular formula is C21H28N4O. The van der Waals surface area contributed by atoms with Gasteiger partial charge in [-0.1, -0.05) is 0 Å². The van der Waals surface area contributed by atoms with Crippen LogP contribution in [0.5, 0.6) is 0 Å². The van der Waals surface area contributed by atoms with E-state index in [1.807, 2.05) is 6.20 Å². The highest BCUT2D eigenvalue weighted by atomic mass is 16.2. The summed E-state index contributed by atoms with van der Waals surface area (Å²) in [6.45, 7) is 3.96. The number of hydrogen-bond donors (Lipinski definition) is 0. The lowest BCUT2D eigenvalue weighted by Gasteiger charge is -2.56. The molecule has 1 aromatic rings. The summed E-state index contributed by atoms with van der Waals surface area (Å²) in [5.74, 6) is 5.26. The number of anilines is 1. The molecule has 5 nitrogen and oxygen atoms in total. The Balaban J connectivity index is 1.16. The van der Waals surface area contributed by atoms with Crippen LogP contribution < -0.4 is 4.90 Å². The van der Waals surface area contributed by atoms with Gasteiger partial charge in [0.15, 0.2) is 0 Å². The molecule has 2 atom stereocenters. The first kappa shape index (κ1) is 15.4. The van der Waals surface area contributed by atoms with E-state index in [1.54, 1.807) is 12.4 Å². The third kappa shape index (κ3) is 2.25. The summed E-state index contributed by atoms with van der Waals surface area (Å²) >= 11 is 0. The fourth-order valence-corrected chi connectivity index (χ4v) is 7.51. The van der Waals surface area contributed by atoms with Crippen molar-refractivity contribution in [1.82, 2.24) is 14.9 Å². The number of amides is 1. The molecule has 1 aromatic heterocycles. The molecule has 6 aliphatic rings. The molecule has 0 spiro atoms. The van der Waals surface area contributed by atoms with Gasteiger partial charge in [-0.3, -0.25) is 9.78 Å². The monoisotopic (exact) mass is 352 g/mol. The van der Waals surface area contributed by atoms with Crippen molar-refractivity contribution in [1.29, 1.82) is 0 Å². The van der Waals surface area contributed by atoms with Crippen LogP contribution in [-0.4, -0.2) is 47.0 Å². The summed E-state index contributed by atoms with van der Waals surface area (Å²) in [4.78, 5) is 26.8. The highest BCUT2D eigenvalue weighted by Gasteiger charge is 2.57. The molecule has 7 rings (SSSR count). The zero-order valence-corrected chi connectivity index (χ0v) is 15.4. The Labute approximate surface area is 155 Å². The van der Waals surface area contributed by atoms with Crippen molar-refractivity contribution in [3.05, 3.63) is 18.6 Å². The third-order valence-corrected chi connectivity index (χ3v) is 8.14. The third-order valence-electron chi connectivity index (χ3n) is 8.14. The lowest BCUT2D eigenvalue weighted by atomic mass is 9.49. The van der Waals surface area contributed by atoms with Crippen molar-refractivity contribution in [2.75, 3.05) is 31.1 Å². The molecule has 6 fully saturated rings. The van der Waals surface area contributed by atoms with Gasteiger partial charge in [0.2, 0.25) is 5.91 Å². The van der Waals surface area contributed by atoms with Gasteiger partial charge in [0.1, 0.15) is 5.82 Å². The zero-order valence-electron chi connectivity index (χ0n) is 15.4. The Morgan fingerprint density at radius 3 is 2.08 bits per heavy atom. The van der Waals surface area contributed by atoms with E-state index in [4.69, 9.17) is 0 Å². The Bertz CT molecular complexity index is 671. The van der Waals surface area contributed by atoms with Gasteiger partial charge in [-0.15, -0.1) is 0 Å². The lowest BCUT2D eigenvalue weighted by molar-refractivity contribution is -0.156. The molecule has 4 bridgehead atoms. The van der Waals surface area contributed by atoms with Crippen molar-refractivity contribution >= 4 is 11.7 Å². The van der Waals surface area contributed by atoms with E-state index in [-0.39, 0.29) is 5.41 Å². The largest absolute Gasteiger partial charge is 0.355 e. The van der Waals surface area contributed by atoms with Crippen LogP contribution in [0.15, 0.2) is 18.6 Å². The molecule has 26 heavy (non-hydrogen) atoms. The van der Waals surface area contributed by atoms with Gasteiger partial charge < -0.3 is 9.80 Å². The average Bonchev–Trinajstić information content (AvgIpc) is 3.19. The summed E-state index contributed by atoms with van der Waals surface area (Å²) in [6, 6.07) is 0. The molecule has 4 saturated carbocycles. The Hall–Kier alpha value is -1.65. The van der Waals surface area contributed by atoms with Crippen molar-refractivity contribution in [3.8, 4) is 0 Å². The molecule has 0 N–H and O–H groups in total. The molecule has 2 saturated heterocycles. The van der Waals surface area contributed by atoms with Crippen LogP contribution in [-0.2, 0) is 4.79 Å². The smallest absolute Gasteiger partial charge is 0.228 e. The molecule has 0 aromatic carbocycles. The van der Waals surface area contributed by atoms with E-state index in [2.05, 4.69) is 19.8 Å². The zero-order chi connectivity index (χ0) is 17.3. The molecule has 138 valence electrons. The second-order valence-corrected chi connectivity index (χ2v) is 9.90. The van der Waals surface area contributed by atoms with Crippen LogP contribution >= 0.6 is 0 Å². The molecule has 0 radical (unpaired) electrons. The summed E-state index contributed by atoms with van der Waals surface area (Å²) in [5.41, 5.74) is 0.0258. The number of carbonyl (C=O) groups excluding carboxylic acids is 1. The standard InChI is InChI=1S/C21H28N4O/c26-20(21-6-14-3-15(7-21)5-16(4-14)8-21)25-12-17-10-24(11-18(17)13-25)19-9-22-1-2-23-19/h1-2,9,14-18H,3-8,10-13H2/t14?,15?,16?,17-,18+,21?. The van der Waals surface area contributed by atoms with Crippen molar-refractivity contribution in [2.45, 2.75) is 38.5 Å². The molecule has 2 aliphatic heterocycles. The quantitative estimate of drug-likeness (QED) is 0.821. The van der Waals surface area contributed by atoms with Gasteiger partial charge in [-0.05, 0) is 56.3 Å². The van der Waals surface area contributed by atoms with Crippen molar-refractivity contribution < 1.29 is 4.79 Å². The Morgan fingerprint density at radius 1 is 0.923 bits per heavy atom. The molecule has 4 aliphatic carbocycles. The average molecular weight is 352 g/mol. The highest BCUT2D eigenvalue weighted by molar-refractivity contribution is 5.83. The van der Waals surface area contributed by atoms with Crippen molar-refractivity contribution in [3.63, 3.8) is 0 Å². The van der Waals surface area contributed by atoms with Gasteiger partial charge in [-0.25, -0.2) is 4.98 Å². The first-order chi connectivity index (χ1) is 12.7. The first-order valence-corrected chi connectivity index (χ1v) is 10.5. The lowest BCUT2D eigenvalue weighted by Crippen LogP contribution is -2.54. The minimum atomic E-state index is 0.0258. The number of aromatic nitrogens is 2. The maximum absolute atomic E-state index is 13.6. The van der Waals surface area contributed by atoms with Crippen LogP contribution in [0.4, 0.5) is 5.82 Å². The molecule has 0 unspecified atom stereocenters. The van der Waals surface area contributed by atoms with E-state index in [1.165, 1.54) is 38.5 Å². The number of nitrogens with zero attached hydrogens (tertiary/aromatic N) is 4. The molecule has 3 heterocycles. The predicted molar refractivity (Wildman–Crippen MR) is 98.4 cm³/mol. The topological polar surface area (TPSA) is 49.3 Å². The van der Waals surface area contributed by atoms with Crippen LogP contribution in [0.3, 0.4) is 0 Å². The van der Waals surface area contributed by atoms with Gasteiger partial charge in [0.05, 0.1) is 11.6 Å². The highest BCUT2D eigenvalue weighted by Crippen LogP contribution is 2.60. The number of fused-ring (bicyclic) bond motifs is 1. The summed E-state index contributed by atoms with van der Waals surface area (Å²) in [7, 11) is 0. The van der Waals surface area contributed by atoms with Gasteiger partial charge in [-0.2, -0.15) is 0 Å². The van der Waals surface area contributed by atoms with Crippen LogP contribution in [0, 0.1) is 35.0 Å². The fourth-order valence-electron chi connectivity index (χ4n) is 7.51. The number of likely N-dealkylation sites (tertiary alicyclic amines) is 1. The van der Waals surface area contributed by atoms with E-state index in [0.717, 1.165) is 49.8 Å². The second kappa shape index (κ2) is 5.43. The number of hydrogen-bond acceptors (Lipinski definition) is 4. The summed E-state index contributed by atoms with van der Waals surface area (Å²) in [5, 5.41) is 0. The van der Waals surface area contributed by atoms with Crippen LogP contribution in [0.1, 0.15) is 38.5 Å². The van der Waals surface area contributed by atoms with Crippen LogP contribution in [0.25, 0.3) is 0 Å².